The van der Waals surface area contributed by atoms with Crippen LogP contribution in [0.25, 0.3) is 0 Å². The molecule has 0 saturated heterocycles. The Labute approximate surface area is 115 Å². The number of aromatic nitrogens is 2. The smallest absolute Gasteiger partial charge is 0.0753 e. The Morgan fingerprint density at radius 2 is 2.11 bits per heavy atom. The van der Waals surface area contributed by atoms with Crippen molar-refractivity contribution in [3.8, 4) is 0 Å². The number of hydrogen-bond donors (Lipinski definition) is 2. The van der Waals surface area contributed by atoms with Crippen LogP contribution < -0.4 is 5.32 Å². The van der Waals surface area contributed by atoms with Gasteiger partial charge in [0, 0.05) is 37.3 Å². The maximum absolute atomic E-state index is 9.28. The van der Waals surface area contributed by atoms with Crippen LogP contribution in [0, 0.1) is 5.92 Å². The molecule has 1 aromatic heterocycles. The third kappa shape index (κ3) is 4.25. The van der Waals surface area contributed by atoms with Crippen molar-refractivity contribution in [2.45, 2.75) is 57.5 Å². The van der Waals surface area contributed by atoms with E-state index in [0.29, 0.717) is 12.0 Å². The SMILES string of the molecule is CC(NC(CCO)C1CCCCC1)c1cnccn1. The fourth-order valence-corrected chi connectivity index (χ4v) is 3.07. The Morgan fingerprint density at radius 1 is 1.32 bits per heavy atom. The average molecular weight is 263 g/mol. The quantitative estimate of drug-likeness (QED) is 0.827. The van der Waals surface area contributed by atoms with Gasteiger partial charge in [0.05, 0.1) is 5.69 Å². The van der Waals surface area contributed by atoms with Crippen LogP contribution in [0.5, 0.6) is 0 Å². The fourth-order valence-electron chi connectivity index (χ4n) is 3.07. The summed E-state index contributed by atoms with van der Waals surface area (Å²) in [5.74, 6) is 0.694. The van der Waals surface area contributed by atoms with Gasteiger partial charge >= 0.3 is 0 Å². The molecular weight excluding hydrogens is 238 g/mol. The fraction of sp³-hybridized carbons (Fsp3) is 0.733. The summed E-state index contributed by atoms with van der Waals surface area (Å²) in [6.45, 7) is 2.37. The van der Waals surface area contributed by atoms with Crippen LogP contribution in [0.1, 0.15) is 57.2 Å². The monoisotopic (exact) mass is 263 g/mol. The van der Waals surface area contributed by atoms with E-state index in [0.717, 1.165) is 12.1 Å². The van der Waals surface area contributed by atoms with Gasteiger partial charge in [-0.1, -0.05) is 19.3 Å². The Bertz CT molecular complexity index is 352. The molecule has 4 nitrogen and oxygen atoms in total. The van der Waals surface area contributed by atoms with Gasteiger partial charge in [-0.05, 0) is 32.1 Å². The number of aliphatic hydroxyl groups excluding tert-OH is 1. The summed E-state index contributed by atoms with van der Waals surface area (Å²) in [6, 6.07) is 0.578. The average Bonchev–Trinajstić information content (AvgIpc) is 2.48. The van der Waals surface area contributed by atoms with E-state index in [2.05, 4.69) is 22.2 Å². The van der Waals surface area contributed by atoms with Crippen LogP contribution in [-0.4, -0.2) is 27.7 Å². The minimum Gasteiger partial charge on any atom is -0.396 e. The second kappa shape index (κ2) is 7.56. The Kier molecular flexibility index (Phi) is 5.73. The summed E-state index contributed by atoms with van der Waals surface area (Å²) in [6.07, 6.45) is 12.7. The van der Waals surface area contributed by atoms with Crippen LogP contribution in [0.2, 0.25) is 0 Å². The standard InChI is InChI=1S/C15H25N3O/c1-12(15-11-16-8-9-17-15)18-14(7-10-19)13-5-3-2-4-6-13/h8-9,11-14,18-19H,2-7,10H2,1H3. The van der Waals surface area contributed by atoms with Gasteiger partial charge < -0.3 is 10.4 Å². The first-order chi connectivity index (χ1) is 9.31. The molecule has 1 heterocycles. The lowest BCUT2D eigenvalue weighted by Gasteiger charge is -2.32. The lowest BCUT2D eigenvalue weighted by atomic mass is 9.82. The summed E-state index contributed by atoms with van der Waals surface area (Å²) < 4.78 is 0. The van der Waals surface area contributed by atoms with Crippen molar-refractivity contribution in [3.05, 3.63) is 24.3 Å². The first-order valence-electron chi connectivity index (χ1n) is 7.44. The minimum absolute atomic E-state index is 0.187. The summed E-state index contributed by atoms with van der Waals surface area (Å²) in [5.41, 5.74) is 0.973. The second-order valence-corrected chi connectivity index (χ2v) is 5.54. The number of nitrogens with zero attached hydrogens (tertiary/aromatic N) is 2. The van der Waals surface area contributed by atoms with Crippen molar-refractivity contribution in [2.75, 3.05) is 6.61 Å². The molecule has 2 unspecified atom stereocenters. The number of aliphatic hydroxyl groups is 1. The van der Waals surface area contributed by atoms with Crippen LogP contribution >= 0.6 is 0 Å². The van der Waals surface area contributed by atoms with E-state index in [1.165, 1.54) is 32.1 Å². The summed E-state index contributed by atoms with van der Waals surface area (Å²) in [4.78, 5) is 8.47. The van der Waals surface area contributed by atoms with Gasteiger partial charge in [0.1, 0.15) is 0 Å². The van der Waals surface area contributed by atoms with Crippen LogP contribution in [0.4, 0.5) is 0 Å². The van der Waals surface area contributed by atoms with E-state index in [-0.39, 0.29) is 12.6 Å². The molecule has 1 fully saturated rings. The molecule has 0 aliphatic heterocycles. The van der Waals surface area contributed by atoms with Gasteiger partial charge in [-0.2, -0.15) is 0 Å². The highest BCUT2D eigenvalue weighted by Gasteiger charge is 2.24. The topological polar surface area (TPSA) is 58.0 Å². The molecule has 0 bridgehead atoms. The molecular formula is C15H25N3O. The summed E-state index contributed by atoms with van der Waals surface area (Å²) in [7, 11) is 0. The molecule has 0 amide bonds. The number of nitrogens with one attached hydrogen (secondary N) is 1. The van der Waals surface area contributed by atoms with Crippen molar-refractivity contribution in [1.29, 1.82) is 0 Å². The Morgan fingerprint density at radius 3 is 2.74 bits per heavy atom. The predicted octanol–water partition coefficient (Wildman–Crippen LogP) is 2.46. The molecule has 2 atom stereocenters. The van der Waals surface area contributed by atoms with E-state index < -0.39 is 0 Å². The molecule has 0 spiro atoms. The molecule has 4 heteroatoms. The van der Waals surface area contributed by atoms with Crippen LogP contribution in [0.15, 0.2) is 18.6 Å². The van der Waals surface area contributed by atoms with E-state index in [1.807, 2.05) is 6.20 Å². The van der Waals surface area contributed by atoms with Crippen LogP contribution in [-0.2, 0) is 0 Å². The lowest BCUT2D eigenvalue weighted by Crippen LogP contribution is -2.39. The normalized spacial score (nSPS) is 20.1. The molecule has 1 aromatic rings. The molecule has 2 N–H and O–H groups in total. The van der Waals surface area contributed by atoms with E-state index in [9.17, 15) is 5.11 Å². The predicted molar refractivity (Wildman–Crippen MR) is 75.6 cm³/mol. The highest BCUT2D eigenvalue weighted by atomic mass is 16.3. The van der Waals surface area contributed by atoms with Crippen molar-refractivity contribution in [2.24, 2.45) is 5.92 Å². The maximum atomic E-state index is 9.28. The van der Waals surface area contributed by atoms with Crippen molar-refractivity contribution in [1.82, 2.24) is 15.3 Å². The van der Waals surface area contributed by atoms with Crippen molar-refractivity contribution >= 4 is 0 Å². The third-order valence-electron chi connectivity index (χ3n) is 4.15. The largest absolute Gasteiger partial charge is 0.396 e. The molecule has 1 aliphatic rings. The van der Waals surface area contributed by atoms with Gasteiger partial charge in [-0.25, -0.2) is 0 Å². The lowest BCUT2D eigenvalue weighted by molar-refractivity contribution is 0.197. The summed E-state index contributed by atoms with van der Waals surface area (Å²) >= 11 is 0. The van der Waals surface area contributed by atoms with Crippen molar-refractivity contribution < 1.29 is 5.11 Å². The number of hydrogen-bond acceptors (Lipinski definition) is 4. The number of rotatable bonds is 6. The summed E-state index contributed by atoms with van der Waals surface area (Å²) in [5, 5.41) is 12.9. The van der Waals surface area contributed by atoms with Gasteiger partial charge in [-0.15, -0.1) is 0 Å². The van der Waals surface area contributed by atoms with E-state index in [1.54, 1.807) is 12.4 Å². The van der Waals surface area contributed by atoms with Gasteiger partial charge in [0.25, 0.3) is 0 Å². The van der Waals surface area contributed by atoms with E-state index >= 15 is 0 Å². The Balaban J connectivity index is 1.95. The minimum atomic E-state index is 0.187. The van der Waals surface area contributed by atoms with Gasteiger partial charge in [0.2, 0.25) is 0 Å². The molecule has 0 aromatic carbocycles. The van der Waals surface area contributed by atoms with Crippen molar-refractivity contribution in [3.63, 3.8) is 0 Å². The molecule has 2 rings (SSSR count). The van der Waals surface area contributed by atoms with E-state index in [4.69, 9.17) is 0 Å². The first kappa shape index (κ1) is 14.4. The molecule has 1 aliphatic carbocycles. The zero-order chi connectivity index (χ0) is 13.5. The zero-order valence-electron chi connectivity index (χ0n) is 11.8. The zero-order valence-corrected chi connectivity index (χ0v) is 11.8. The van der Waals surface area contributed by atoms with Crippen LogP contribution in [0.3, 0.4) is 0 Å². The second-order valence-electron chi connectivity index (χ2n) is 5.54. The molecule has 19 heavy (non-hydrogen) atoms. The molecule has 1 saturated carbocycles. The van der Waals surface area contributed by atoms with Gasteiger partial charge in [-0.3, -0.25) is 9.97 Å². The highest BCUT2D eigenvalue weighted by molar-refractivity contribution is 5.01. The first-order valence-corrected chi connectivity index (χ1v) is 7.44. The van der Waals surface area contributed by atoms with Gasteiger partial charge in [0.15, 0.2) is 0 Å². The molecule has 106 valence electrons. The molecule has 0 radical (unpaired) electrons. The Hall–Kier alpha value is -1.00. The third-order valence-corrected chi connectivity index (χ3v) is 4.15. The maximum Gasteiger partial charge on any atom is 0.0753 e. The highest BCUT2D eigenvalue weighted by Crippen LogP contribution is 2.28.